The Bertz CT molecular complexity index is 755. The van der Waals surface area contributed by atoms with E-state index >= 15 is 0 Å². The van der Waals surface area contributed by atoms with Crippen molar-refractivity contribution in [1.29, 1.82) is 0 Å². The Balaban J connectivity index is 1.64. The molecular formula is C17H19F2N3O3. The maximum Gasteiger partial charge on any atom is 0.387 e. The van der Waals surface area contributed by atoms with Crippen LogP contribution >= 0.6 is 0 Å². The fourth-order valence-electron chi connectivity index (χ4n) is 4.04. The lowest BCUT2D eigenvalue weighted by Crippen LogP contribution is -2.31. The molecule has 1 aliphatic carbocycles. The number of rotatable bonds is 5. The predicted octanol–water partition coefficient (Wildman–Crippen LogP) is 2.99. The minimum absolute atomic E-state index is 0.0283. The number of nitrogens with one attached hydrogen (secondary N) is 1. The van der Waals surface area contributed by atoms with Crippen LogP contribution < -0.4 is 14.8 Å². The highest BCUT2D eigenvalue weighted by atomic mass is 19.3. The van der Waals surface area contributed by atoms with Gasteiger partial charge >= 0.3 is 6.61 Å². The summed E-state index contributed by atoms with van der Waals surface area (Å²) in [5.74, 6) is 1.77. The van der Waals surface area contributed by atoms with Crippen LogP contribution in [0.4, 0.5) is 8.78 Å². The van der Waals surface area contributed by atoms with Crippen molar-refractivity contribution >= 4 is 0 Å². The van der Waals surface area contributed by atoms with E-state index in [1.807, 2.05) is 0 Å². The average Bonchev–Trinajstić information content (AvgIpc) is 3.29. The molecule has 0 bridgehead atoms. The first kappa shape index (κ1) is 16.3. The second-order valence-electron chi connectivity index (χ2n) is 6.54. The Morgan fingerprint density at radius 3 is 3.04 bits per heavy atom. The van der Waals surface area contributed by atoms with Crippen molar-refractivity contribution in [1.82, 2.24) is 15.5 Å². The Labute approximate surface area is 143 Å². The number of aromatic nitrogens is 2. The van der Waals surface area contributed by atoms with Crippen LogP contribution in [0, 0.1) is 5.92 Å². The Morgan fingerprint density at radius 2 is 2.24 bits per heavy atom. The molecule has 1 N–H and O–H groups in total. The maximum atomic E-state index is 12.4. The first-order chi connectivity index (χ1) is 12.1. The third-order valence-corrected chi connectivity index (χ3v) is 5.28. The lowest BCUT2D eigenvalue weighted by atomic mass is 9.80. The van der Waals surface area contributed by atoms with Crippen LogP contribution in [0.5, 0.6) is 11.5 Å². The minimum Gasteiger partial charge on any atom is -0.493 e. The largest absolute Gasteiger partial charge is 0.493 e. The van der Waals surface area contributed by atoms with Crippen molar-refractivity contribution in [2.75, 3.05) is 20.2 Å². The van der Waals surface area contributed by atoms with E-state index in [1.165, 1.54) is 13.2 Å². The standard InChI is InChI=1S/C17H19F2N3O3/c1-23-13-7-10(4-5-12(13)24-16(18)19)14-21-15(25-22-14)17-6-2-3-11(17)8-20-9-17/h4-5,7,11,16,20H,2-3,6,8-9H2,1H3/t11-,17-/m1/s1. The van der Waals surface area contributed by atoms with Gasteiger partial charge in [-0.05, 0) is 43.5 Å². The lowest BCUT2D eigenvalue weighted by molar-refractivity contribution is -0.0512. The molecule has 6 nitrogen and oxygen atoms in total. The molecule has 8 heteroatoms. The summed E-state index contributed by atoms with van der Waals surface area (Å²) >= 11 is 0. The van der Waals surface area contributed by atoms with Gasteiger partial charge in [0.15, 0.2) is 11.5 Å². The normalized spacial score (nSPS) is 25.4. The average molecular weight is 351 g/mol. The zero-order valence-corrected chi connectivity index (χ0v) is 13.8. The molecule has 1 saturated carbocycles. The summed E-state index contributed by atoms with van der Waals surface area (Å²) in [6.45, 7) is -1.08. The lowest BCUT2D eigenvalue weighted by Gasteiger charge is -2.22. The fraction of sp³-hybridized carbons (Fsp3) is 0.529. The Hall–Kier alpha value is -2.22. The summed E-state index contributed by atoms with van der Waals surface area (Å²) < 4.78 is 40.0. The topological polar surface area (TPSA) is 69.4 Å². The maximum absolute atomic E-state index is 12.4. The number of fused-ring (bicyclic) bond motifs is 1. The molecule has 2 heterocycles. The number of nitrogens with zero attached hydrogens (tertiary/aromatic N) is 2. The number of benzene rings is 1. The summed E-state index contributed by atoms with van der Waals surface area (Å²) in [4.78, 5) is 4.60. The van der Waals surface area contributed by atoms with E-state index in [-0.39, 0.29) is 16.9 Å². The third-order valence-electron chi connectivity index (χ3n) is 5.28. The van der Waals surface area contributed by atoms with Crippen molar-refractivity contribution in [2.45, 2.75) is 31.3 Å². The first-order valence-corrected chi connectivity index (χ1v) is 8.30. The van der Waals surface area contributed by atoms with E-state index in [4.69, 9.17) is 9.26 Å². The van der Waals surface area contributed by atoms with Crippen LogP contribution in [-0.4, -0.2) is 37.0 Å². The highest BCUT2D eigenvalue weighted by Gasteiger charge is 2.51. The monoisotopic (exact) mass is 351 g/mol. The van der Waals surface area contributed by atoms with Crippen LogP contribution in [-0.2, 0) is 5.41 Å². The number of halogens is 2. The summed E-state index contributed by atoms with van der Waals surface area (Å²) in [5.41, 5.74) is 0.555. The molecule has 2 atom stereocenters. The van der Waals surface area contributed by atoms with Crippen LogP contribution in [0.15, 0.2) is 22.7 Å². The van der Waals surface area contributed by atoms with Gasteiger partial charge in [0.25, 0.3) is 0 Å². The predicted molar refractivity (Wildman–Crippen MR) is 84.8 cm³/mol. The van der Waals surface area contributed by atoms with Gasteiger partial charge in [-0.25, -0.2) is 0 Å². The van der Waals surface area contributed by atoms with Gasteiger partial charge in [-0.1, -0.05) is 11.6 Å². The fourth-order valence-corrected chi connectivity index (χ4v) is 4.04. The molecule has 1 saturated heterocycles. The van der Waals surface area contributed by atoms with E-state index in [9.17, 15) is 8.78 Å². The molecule has 2 aromatic rings. The molecule has 2 aliphatic rings. The molecule has 2 fully saturated rings. The van der Waals surface area contributed by atoms with Crippen molar-refractivity contribution in [2.24, 2.45) is 5.92 Å². The molecule has 134 valence electrons. The molecule has 25 heavy (non-hydrogen) atoms. The molecular weight excluding hydrogens is 332 g/mol. The van der Waals surface area contributed by atoms with E-state index < -0.39 is 6.61 Å². The van der Waals surface area contributed by atoms with Crippen LogP contribution in [0.1, 0.15) is 25.2 Å². The van der Waals surface area contributed by atoms with Gasteiger partial charge in [0, 0.05) is 12.1 Å². The molecule has 0 spiro atoms. The van der Waals surface area contributed by atoms with Crippen molar-refractivity contribution in [3.05, 3.63) is 24.1 Å². The van der Waals surface area contributed by atoms with E-state index in [0.29, 0.717) is 23.2 Å². The Morgan fingerprint density at radius 1 is 1.36 bits per heavy atom. The smallest absolute Gasteiger partial charge is 0.387 e. The summed E-state index contributed by atoms with van der Waals surface area (Å²) in [6, 6.07) is 4.61. The number of hydrogen-bond acceptors (Lipinski definition) is 6. The SMILES string of the molecule is COc1cc(-c2noc([C@@]34CCC[C@@H]3CNC4)n2)ccc1OC(F)F. The van der Waals surface area contributed by atoms with Gasteiger partial charge in [0.1, 0.15) is 0 Å². The zero-order valence-electron chi connectivity index (χ0n) is 13.8. The van der Waals surface area contributed by atoms with Gasteiger partial charge in [-0.2, -0.15) is 13.8 Å². The quantitative estimate of drug-likeness (QED) is 0.893. The number of ether oxygens (including phenoxy) is 2. The second kappa shape index (κ2) is 6.25. The third kappa shape index (κ3) is 2.74. The molecule has 1 aromatic heterocycles. The number of methoxy groups -OCH3 is 1. The van der Waals surface area contributed by atoms with Crippen LogP contribution in [0.2, 0.25) is 0 Å². The van der Waals surface area contributed by atoms with E-state index in [1.54, 1.807) is 12.1 Å². The highest BCUT2D eigenvalue weighted by molar-refractivity contribution is 5.60. The number of hydrogen-bond donors (Lipinski definition) is 1. The molecule has 4 rings (SSSR count). The summed E-state index contributed by atoms with van der Waals surface area (Å²) in [6.07, 6.45) is 3.37. The van der Waals surface area contributed by atoms with Gasteiger partial charge in [0.05, 0.1) is 12.5 Å². The van der Waals surface area contributed by atoms with Crippen LogP contribution in [0.3, 0.4) is 0 Å². The summed E-state index contributed by atoms with van der Waals surface area (Å²) in [7, 11) is 1.39. The van der Waals surface area contributed by atoms with Crippen molar-refractivity contribution in [3.63, 3.8) is 0 Å². The minimum atomic E-state index is -2.91. The Kier molecular flexibility index (Phi) is 4.07. The molecule has 0 radical (unpaired) electrons. The zero-order chi connectivity index (χ0) is 17.4. The summed E-state index contributed by atoms with van der Waals surface area (Å²) in [5, 5.41) is 7.51. The first-order valence-electron chi connectivity index (χ1n) is 8.30. The molecule has 0 amide bonds. The number of alkyl halides is 2. The van der Waals surface area contributed by atoms with E-state index in [0.717, 1.165) is 32.4 Å². The van der Waals surface area contributed by atoms with Crippen molar-refractivity contribution in [3.8, 4) is 22.9 Å². The van der Waals surface area contributed by atoms with Gasteiger partial charge in [-0.15, -0.1) is 0 Å². The van der Waals surface area contributed by atoms with Crippen molar-refractivity contribution < 1.29 is 22.8 Å². The molecule has 1 aromatic carbocycles. The molecule has 0 unspecified atom stereocenters. The van der Waals surface area contributed by atoms with Crippen LogP contribution in [0.25, 0.3) is 11.4 Å². The van der Waals surface area contributed by atoms with Gasteiger partial charge in [0.2, 0.25) is 11.7 Å². The second-order valence-corrected chi connectivity index (χ2v) is 6.54. The van der Waals surface area contributed by atoms with E-state index in [2.05, 4.69) is 20.2 Å². The highest BCUT2D eigenvalue weighted by Crippen LogP contribution is 2.47. The molecule has 1 aliphatic heterocycles. The van der Waals surface area contributed by atoms with Gasteiger partial charge in [-0.3, -0.25) is 0 Å². The van der Waals surface area contributed by atoms with Gasteiger partial charge < -0.3 is 19.3 Å².